The molecule has 1 atom stereocenters. The molecule has 2 aliphatic heterocycles. The fourth-order valence-electron chi connectivity index (χ4n) is 4.82. The highest BCUT2D eigenvalue weighted by molar-refractivity contribution is 5.46. The van der Waals surface area contributed by atoms with Crippen molar-refractivity contribution in [3.63, 3.8) is 0 Å². The van der Waals surface area contributed by atoms with Crippen LogP contribution in [-0.2, 0) is 6.54 Å². The SMILES string of the molecule is CC(C)c1ccc(N[C@@H]2CCCN(C3CCN(Cc4ccccn4)CC3)C2)cc1. The normalized spacial score (nSPS) is 22.1. The molecule has 4 rings (SSSR count). The Morgan fingerprint density at radius 2 is 1.79 bits per heavy atom. The van der Waals surface area contributed by atoms with Gasteiger partial charge in [0.1, 0.15) is 0 Å². The zero-order valence-corrected chi connectivity index (χ0v) is 18.1. The van der Waals surface area contributed by atoms with Gasteiger partial charge in [-0.2, -0.15) is 0 Å². The zero-order chi connectivity index (χ0) is 20.1. The predicted molar refractivity (Wildman–Crippen MR) is 121 cm³/mol. The van der Waals surface area contributed by atoms with E-state index < -0.39 is 0 Å². The van der Waals surface area contributed by atoms with Crippen LogP contribution < -0.4 is 5.32 Å². The number of pyridine rings is 1. The number of nitrogens with one attached hydrogen (secondary N) is 1. The number of nitrogens with zero attached hydrogens (tertiary/aromatic N) is 3. The first-order valence-electron chi connectivity index (χ1n) is 11.4. The molecule has 0 radical (unpaired) electrons. The number of likely N-dealkylation sites (tertiary alicyclic amines) is 2. The maximum atomic E-state index is 4.49. The lowest BCUT2D eigenvalue weighted by atomic mass is 9.97. The third kappa shape index (κ3) is 5.58. The Labute approximate surface area is 176 Å². The first kappa shape index (κ1) is 20.4. The fourth-order valence-corrected chi connectivity index (χ4v) is 4.82. The summed E-state index contributed by atoms with van der Waals surface area (Å²) in [5, 5.41) is 3.80. The maximum Gasteiger partial charge on any atom is 0.0543 e. The summed E-state index contributed by atoms with van der Waals surface area (Å²) in [6.07, 6.45) is 7.04. The minimum atomic E-state index is 0.570. The van der Waals surface area contributed by atoms with E-state index in [-0.39, 0.29) is 0 Å². The van der Waals surface area contributed by atoms with E-state index in [0.29, 0.717) is 12.0 Å². The van der Waals surface area contributed by atoms with Crippen LogP contribution in [0.3, 0.4) is 0 Å². The summed E-state index contributed by atoms with van der Waals surface area (Å²) in [7, 11) is 0. The van der Waals surface area contributed by atoms with E-state index >= 15 is 0 Å². The monoisotopic (exact) mass is 392 g/mol. The van der Waals surface area contributed by atoms with Crippen LogP contribution in [0.1, 0.15) is 56.7 Å². The lowest BCUT2D eigenvalue weighted by Crippen LogP contribution is -2.51. The molecule has 3 heterocycles. The molecule has 4 heteroatoms. The summed E-state index contributed by atoms with van der Waals surface area (Å²) in [6.45, 7) is 10.3. The van der Waals surface area contributed by atoms with Gasteiger partial charge in [-0.15, -0.1) is 0 Å². The van der Waals surface area contributed by atoms with Crippen molar-refractivity contribution < 1.29 is 0 Å². The standard InChI is InChI=1S/C25H36N4/c1-20(2)21-8-10-22(11-9-21)27-24-7-5-15-29(19-24)25-12-16-28(17-13-25)18-23-6-3-4-14-26-23/h3-4,6,8-11,14,20,24-25,27H,5,7,12-13,15-19H2,1-2H3/t24-/m1/s1. The number of hydrogen-bond donors (Lipinski definition) is 1. The van der Waals surface area contributed by atoms with Crippen LogP contribution in [0.5, 0.6) is 0 Å². The highest BCUT2D eigenvalue weighted by atomic mass is 15.2. The van der Waals surface area contributed by atoms with Crippen LogP contribution in [-0.4, -0.2) is 53.0 Å². The highest BCUT2D eigenvalue weighted by Crippen LogP contribution is 2.24. The number of piperidine rings is 2. The van der Waals surface area contributed by atoms with Crippen LogP contribution >= 0.6 is 0 Å². The van der Waals surface area contributed by atoms with E-state index in [4.69, 9.17) is 0 Å². The smallest absolute Gasteiger partial charge is 0.0543 e. The lowest BCUT2D eigenvalue weighted by Gasteiger charge is -2.42. The molecule has 1 aromatic carbocycles. The summed E-state index contributed by atoms with van der Waals surface area (Å²) in [6, 6.07) is 16.6. The van der Waals surface area contributed by atoms with E-state index in [1.807, 2.05) is 12.3 Å². The quantitative estimate of drug-likeness (QED) is 0.769. The molecule has 1 aromatic heterocycles. The van der Waals surface area contributed by atoms with Crippen molar-refractivity contribution in [1.29, 1.82) is 0 Å². The van der Waals surface area contributed by atoms with Crippen molar-refractivity contribution in [3.8, 4) is 0 Å². The van der Waals surface area contributed by atoms with E-state index in [1.54, 1.807) is 0 Å². The van der Waals surface area contributed by atoms with Crippen molar-refractivity contribution in [1.82, 2.24) is 14.8 Å². The molecular formula is C25H36N4. The van der Waals surface area contributed by atoms with Gasteiger partial charge in [-0.25, -0.2) is 0 Å². The predicted octanol–water partition coefficient (Wildman–Crippen LogP) is 4.75. The molecule has 29 heavy (non-hydrogen) atoms. The average molecular weight is 393 g/mol. The highest BCUT2D eigenvalue weighted by Gasteiger charge is 2.29. The second-order valence-corrected chi connectivity index (χ2v) is 9.08. The molecule has 0 saturated carbocycles. The number of anilines is 1. The molecule has 2 aromatic rings. The van der Waals surface area contributed by atoms with Gasteiger partial charge in [0.15, 0.2) is 0 Å². The maximum absolute atomic E-state index is 4.49. The second-order valence-electron chi connectivity index (χ2n) is 9.08. The van der Waals surface area contributed by atoms with Gasteiger partial charge < -0.3 is 5.32 Å². The minimum Gasteiger partial charge on any atom is -0.381 e. The Morgan fingerprint density at radius 3 is 2.48 bits per heavy atom. The Morgan fingerprint density at radius 1 is 1.00 bits per heavy atom. The summed E-state index contributed by atoms with van der Waals surface area (Å²) < 4.78 is 0. The third-order valence-corrected chi connectivity index (χ3v) is 6.59. The summed E-state index contributed by atoms with van der Waals surface area (Å²) in [5.41, 5.74) is 3.88. The van der Waals surface area contributed by atoms with Gasteiger partial charge in [-0.05, 0) is 68.0 Å². The van der Waals surface area contributed by atoms with Gasteiger partial charge in [-0.1, -0.05) is 32.0 Å². The topological polar surface area (TPSA) is 31.4 Å². The average Bonchev–Trinajstić information content (AvgIpc) is 2.76. The van der Waals surface area contributed by atoms with Crippen molar-refractivity contribution in [3.05, 3.63) is 59.9 Å². The van der Waals surface area contributed by atoms with E-state index in [9.17, 15) is 0 Å². The van der Waals surface area contributed by atoms with Crippen molar-refractivity contribution in [2.75, 3.05) is 31.5 Å². The van der Waals surface area contributed by atoms with Gasteiger partial charge >= 0.3 is 0 Å². The number of rotatable bonds is 6. The molecule has 0 spiro atoms. The third-order valence-electron chi connectivity index (χ3n) is 6.59. The molecule has 2 saturated heterocycles. The van der Waals surface area contributed by atoms with Crippen LogP contribution in [0.4, 0.5) is 5.69 Å². The molecule has 1 N–H and O–H groups in total. The van der Waals surface area contributed by atoms with Crippen LogP contribution in [0.2, 0.25) is 0 Å². The Balaban J connectivity index is 1.25. The molecule has 0 amide bonds. The van der Waals surface area contributed by atoms with Gasteiger partial charge in [0.05, 0.1) is 5.69 Å². The van der Waals surface area contributed by atoms with Crippen molar-refractivity contribution >= 4 is 5.69 Å². The Bertz CT molecular complexity index is 735. The second kappa shape index (κ2) is 9.73. The van der Waals surface area contributed by atoms with Crippen molar-refractivity contribution in [2.45, 2.75) is 64.1 Å². The summed E-state index contributed by atoms with van der Waals surface area (Å²) in [5.74, 6) is 0.595. The van der Waals surface area contributed by atoms with Crippen molar-refractivity contribution in [2.24, 2.45) is 0 Å². The first-order valence-corrected chi connectivity index (χ1v) is 11.4. The van der Waals surface area contributed by atoms with E-state index in [1.165, 1.54) is 68.8 Å². The Kier molecular flexibility index (Phi) is 6.83. The molecule has 2 fully saturated rings. The van der Waals surface area contributed by atoms with Gasteiger partial charge in [0.2, 0.25) is 0 Å². The molecule has 0 unspecified atom stereocenters. The van der Waals surface area contributed by atoms with E-state index in [2.05, 4.69) is 70.3 Å². The summed E-state index contributed by atoms with van der Waals surface area (Å²) >= 11 is 0. The molecule has 4 nitrogen and oxygen atoms in total. The molecule has 0 aliphatic carbocycles. The van der Waals surface area contributed by atoms with Crippen LogP contribution in [0, 0.1) is 0 Å². The van der Waals surface area contributed by atoms with Crippen LogP contribution in [0.15, 0.2) is 48.7 Å². The first-order chi connectivity index (χ1) is 14.2. The molecular weight excluding hydrogens is 356 g/mol. The molecule has 156 valence electrons. The Hall–Kier alpha value is -1.91. The minimum absolute atomic E-state index is 0.570. The van der Waals surface area contributed by atoms with E-state index in [0.717, 1.165) is 12.6 Å². The molecule has 0 bridgehead atoms. The van der Waals surface area contributed by atoms with Gasteiger partial charge in [-0.3, -0.25) is 14.8 Å². The number of hydrogen-bond acceptors (Lipinski definition) is 4. The zero-order valence-electron chi connectivity index (χ0n) is 18.1. The lowest BCUT2D eigenvalue weighted by molar-refractivity contribution is 0.0851. The number of benzene rings is 1. The number of aromatic nitrogens is 1. The van der Waals surface area contributed by atoms with Gasteiger partial charge in [0.25, 0.3) is 0 Å². The molecule has 2 aliphatic rings. The largest absolute Gasteiger partial charge is 0.381 e. The van der Waals surface area contributed by atoms with Crippen LogP contribution in [0.25, 0.3) is 0 Å². The van der Waals surface area contributed by atoms with Gasteiger partial charge in [0, 0.05) is 50.1 Å². The fraction of sp³-hybridized carbons (Fsp3) is 0.560. The summed E-state index contributed by atoms with van der Waals surface area (Å²) in [4.78, 5) is 9.80.